The molecule has 3 aromatic carbocycles. The molecule has 3 aromatic rings. The second-order valence-corrected chi connectivity index (χ2v) is 5.55. The fourth-order valence-corrected chi connectivity index (χ4v) is 2.70. The lowest BCUT2D eigenvalue weighted by Gasteiger charge is -2.11. The van der Waals surface area contributed by atoms with Crippen LogP contribution in [0, 0.1) is 11.3 Å². The number of halogens is 1. The molecule has 0 radical (unpaired) electrons. The molecule has 0 aliphatic carbocycles. The standard InChI is InChI=1S/C20H14ClN/c21-19-11-9-15(10-12-19)20-8-4-3-6-17(20)13-16-5-1-2-7-18(16)14-22/h1-12H,13H2. The van der Waals surface area contributed by atoms with Crippen LogP contribution in [0.15, 0.2) is 72.8 Å². The molecule has 0 N–H and O–H groups in total. The van der Waals surface area contributed by atoms with Crippen molar-refractivity contribution >= 4 is 11.6 Å². The van der Waals surface area contributed by atoms with Crippen LogP contribution < -0.4 is 0 Å². The molecule has 2 heteroatoms. The Morgan fingerprint density at radius 1 is 0.773 bits per heavy atom. The topological polar surface area (TPSA) is 23.8 Å². The lowest BCUT2D eigenvalue weighted by molar-refractivity contribution is 1.18. The first-order chi connectivity index (χ1) is 10.8. The van der Waals surface area contributed by atoms with Crippen molar-refractivity contribution in [3.05, 3.63) is 94.5 Å². The number of hydrogen-bond acceptors (Lipinski definition) is 1. The van der Waals surface area contributed by atoms with Gasteiger partial charge in [0, 0.05) is 5.02 Å². The highest BCUT2D eigenvalue weighted by molar-refractivity contribution is 6.30. The zero-order valence-corrected chi connectivity index (χ0v) is 12.7. The Hall–Kier alpha value is -2.56. The summed E-state index contributed by atoms with van der Waals surface area (Å²) in [6, 6.07) is 26.1. The van der Waals surface area contributed by atoms with Crippen molar-refractivity contribution < 1.29 is 0 Å². The van der Waals surface area contributed by atoms with E-state index in [4.69, 9.17) is 11.6 Å². The van der Waals surface area contributed by atoms with E-state index < -0.39 is 0 Å². The molecule has 0 bridgehead atoms. The summed E-state index contributed by atoms with van der Waals surface area (Å²) in [6.45, 7) is 0. The van der Waals surface area contributed by atoms with Gasteiger partial charge in [-0.1, -0.05) is 66.2 Å². The van der Waals surface area contributed by atoms with Crippen molar-refractivity contribution in [3.63, 3.8) is 0 Å². The molecular weight excluding hydrogens is 290 g/mol. The van der Waals surface area contributed by atoms with Crippen molar-refractivity contribution in [1.29, 1.82) is 5.26 Å². The van der Waals surface area contributed by atoms with Crippen molar-refractivity contribution in [3.8, 4) is 17.2 Å². The summed E-state index contributed by atoms with van der Waals surface area (Å²) in [7, 11) is 0. The highest BCUT2D eigenvalue weighted by Crippen LogP contribution is 2.27. The third-order valence-electron chi connectivity index (χ3n) is 3.69. The van der Waals surface area contributed by atoms with Crippen molar-refractivity contribution in [1.82, 2.24) is 0 Å². The number of benzene rings is 3. The largest absolute Gasteiger partial charge is 0.192 e. The van der Waals surface area contributed by atoms with E-state index in [0.717, 1.165) is 28.1 Å². The van der Waals surface area contributed by atoms with Gasteiger partial charge in [-0.05, 0) is 46.9 Å². The van der Waals surface area contributed by atoms with Gasteiger partial charge < -0.3 is 0 Å². The molecular formula is C20H14ClN. The molecule has 1 nitrogen and oxygen atoms in total. The van der Waals surface area contributed by atoms with E-state index in [1.54, 1.807) is 0 Å². The van der Waals surface area contributed by atoms with Crippen molar-refractivity contribution in [2.45, 2.75) is 6.42 Å². The van der Waals surface area contributed by atoms with Gasteiger partial charge >= 0.3 is 0 Å². The summed E-state index contributed by atoms with van der Waals surface area (Å²) < 4.78 is 0. The molecule has 22 heavy (non-hydrogen) atoms. The lowest BCUT2D eigenvalue weighted by Crippen LogP contribution is -1.95. The maximum absolute atomic E-state index is 9.25. The maximum atomic E-state index is 9.25. The van der Waals surface area contributed by atoms with Gasteiger partial charge in [-0.2, -0.15) is 5.26 Å². The summed E-state index contributed by atoms with van der Waals surface area (Å²) in [4.78, 5) is 0. The van der Waals surface area contributed by atoms with Crippen LogP contribution in [0.5, 0.6) is 0 Å². The van der Waals surface area contributed by atoms with Gasteiger partial charge in [-0.15, -0.1) is 0 Å². The first kappa shape index (κ1) is 14.4. The van der Waals surface area contributed by atoms with Gasteiger partial charge in [0.15, 0.2) is 0 Å². The average Bonchev–Trinajstić information content (AvgIpc) is 2.57. The second-order valence-electron chi connectivity index (χ2n) is 5.11. The molecule has 0 fully saturated rings. The minimum Gasteiger partial charge on any atom is -0.192 e. The van der Waals surface area contributed by atoms with Crippen LogP contribution >= 0.6 is 11.6 Å². The lowest BCUT2D eigenvalue weighted by atomic mass is 9.93. The fourth-order valence-electron chi connectivity index (χ4n) is 2.57. The Kier molecular flexibility index (Phi) is 4.23. The molecule has 0 aromatic heterocycles. The molecule has 0 aliphatic rings. The zero-order valence-electron chi connectivity index (χ0n) is 12.0. The van der Waals surface area contributed by atoms with Crippen LogP contribution in [-0.2, 0) is 6.42 Å². The highest BCUT2D eigenvalue weighted by Gasteiger charge is 2.08. The van der Waals surface area contributed by atoms with E-state index in [9.17, 15) is 5.26 Å². The predicted octanol–water partition coefficient (Wildman–Crippen LogP) is 5.47. The van der Waals surface area contributed by atoms with Gasteiger partial charge in [0.25, 0.3) is 0 Å². The van der Waals surface area contributed by atoms with Crippen LogP contribution in [0.3, 0.4) is 0 Å². The molecule has 0 saturated heterocycles. The Morgan fingerprint density at radius 2 is 1.41 bits per heavy atom. The quantitative estimate of drug-likeness (QED) is 0.629. The maximum Gasteiger partial charge on any atom is 0.0994 e. The first-order valence-electron chi connectivity index (χ1n) is 7.10. The minimum absolute atomic E-state index is 0.730. The molecule has 0 aliphatic heterocycles. The third-order valence-corrected chi connectivity index (χ3v) is 3.94. The SMILES string of the molecule is N#Cc1ccccc1Cc1ccccc1-c1ccc(Cl)cc1. The molecule has 0 heterocycles. The van der Waals surface area contributed by atoms with Crippen LogP contribution in [0.1, 0.15) is 16.7 Å². The molecule has 0 spiro atoms. The average molecular weight is 304 g/mol. The van der Waals surface area contributed by atoms with E-state index in [0.29, 0.717) is 0 Å². The Bertz CT molecular complexity index is 829. The van der Waals surface area contributed by atoms with E-state index in [-0.39, 0.29) is 0 Å². The summed E-state index contributed by atoms with van der Waals surface area (Å²) in [6.07, 6.45) is 0.739. The monoisotopic (exact) mass is 303 g/mol. The van der Waals surface area contributed by atoms with Crippen LogP contribution in [0.4, 0.5) is 0 Å². The predicted molar refractivity (Wildman–Crippen MR) is 90.9 cm³/mol. The first-order valence-corrected chi connectivity index (χ1v) is 7.47. The normalized spacial score (nSPS) is 10.2. The molecule has 3 rings (SSSR count). The highest BCUT2D eigenvalue weighted by atomic mass is 35.5. The summed E-state index contributed by atoms with van der Waals surface area (Å²) >= 11 is 5.97. The van der Waals surface area contributed by atoms with E-state index in [1.165, 1.54) is 11.1 Å². The van der Waals surface area contributed by atoms with Crippen LogP contribution in [0.25, 0.3) is 11.1 Å². The van der Waals surface area contributed by atoms with Gasteiger partial charge in [0.05, 0.1) is 11.6 Å². The van der Waals surface area contributed by atoms with Gasteiger partial charge in [0.2, 0.25) is 0 Å². The van der Waals surface area contributed by atoms with Crippen molar-refractivity contribution in [2.75, 3.05) is 0 Å². The molecule has 0 unspecified atom stereocenters. The summed E-state index contributed by atoms with van der Waals surface area (Å²) in [5, 5.41) is 9.98. The number of rotatable bonds is 3. The molecule has 0 saturated carbocycles. The van der Waals surface area contributed by atoms with E-state index >= 15 is 0 Å². The Labute approximate surface area is 135 Å². The van der Waals surface area contributed by atoms with Crippen LogP contribution in [-0.4, -0.2) is 0 Å². The molecule has 0 atom stereocenters. The van der Waals surface area contributed by atoms with Gasteiger partial charge in [-0.3, -0.25) is 0 Å². The summed E-state index contributed by atoms with van der Waals surface area (Å²) in [5.41, 5.74) is 5.29. The molecule has 0 amide bonds. The number of hydrogen-bond donors (Lipinski definition) is 0. The zero-order chi connectivity index (χ0) is 15.4. The van der Waals surface area contributed by atoms with Gasteiger partial charge in [0.1, 0.15) is 0 Å². The molecule has 106 valence electrons. The summed E-state index contributed by atoms with van der Waals surface area (Å²) in [5.74, 6) is 0. The van der Waals surface area contributed by atoms with Crippen molar-refractivity contribution in [2.24, 2.45) is 0 Å². The number of nitrogens with zero attached hydrogens (tertiary/aromatic N) is 1. The van der Waals surface area contributed by atoms with Crippen LogP contribution in [0.2, 0.25) is 5.02 Å². The van der Waals surface area contributed by atoms with Gasteiger partial charge in [-0.25, -0.2) is 0 Å². The fraction of sp³-hybridized carbons (Fsp3) is 0.0500. The second kappa shape index (κ2) is 6.47. The van der Waals surface area contributed by atoms with E-state index in [1.807, 2.05) is 60.7 Å². The Morgan fingerprint density at radius 3 is 2.14 bits per heavy atom. The number of nitriles is 1. The third kappa shape index (κ3) is 3.03. The Balaban J connectivity index is 2.02. The smallest absolute Gasteiger partial charge is 0.0994 e. The van der Waals surface area contributed by atoms with E-state index in [2.05, 4.69) is 18.2 Å². The minimum atomic E-state index is 0.730.